The van der Waals surface area contributed by atoms with Crippen molar-refractivity contribution in [2.24, 2.45) is 0 Å². The summed E-state index contributed by atoms with van der Waals surface area (Å²) in [7, 11) is -3.52. The fraction of sp³-hybridized carbons (Fsp3) is 0.250. The molecule has 0 bridgehead atoms. The fourth-order valence-corrected chi connectivity index (χ4v) is 3.31. The highest BCUT2D eigenvalue weighted by Crippen LogP contribution is 2.04. The Morgan fingerprint density at radius 2 is 1.75 bits per heavy atom. The third-order valence-electron chi connectivity index (χ3n) is 3.27. The number of rotatable bonds is 7. The number of aromatic amines is 1. The first-order valence-corrected chi connectivity index (χ1v) is 9.25. The predicted molar refractivity (Wildman–Crippen MR) is 89.8 cm³/mol. The molecule has 0 saturated heterocycles. The molecule has 0 spiro atoms. The van der Waals surface area contributed by atoms with Crippen LogP contribution in [0.15, 0.2) is 48.7 Å². The molecule has 1 aromatic heterocycles. The van der Waals surface area contributed by atoms with Gasteiger partial charge in [-0.15, -0.1) is 0 Å². The fourth-order valence-electron chi connectivity index (χ4n) is 2.11. The van der Waals surface area contributed by atoms with E-state index in [-0.39, 0.29) is 11.4 Å². The Bertz CT molecular complexity index is 771. The molecule has 0 atom stereocenters. The van der Waals surface area contributed by atoms with E-state index in [9.17, 15) is 18.0 Å². The third-order valence-corrected chi connectivity index (χ3v) is 4.89. The van der Waals surface area contributed by atoms with E-state index in [0.717, 1.165) is 5.56 Å². The Balaban J connectivity index is 1.72. The number of carbonyl (C=O) groups is 2. The molecular weight excluding hydrogens is 330 g/mol. The van der Waals surface area contributed by atoms with Gasteiger partial charge < -0.3 is 4.98 Å². The maximum absolute atomic E-state index is 11.9. The number of benzene rings is 1. The number of hydrogen-bond acceptors (Lipinski definition) is 4. The molecule has 2 amide bonds. The van der Waals surface area contributed by atoms with Gasteiger partial charge in [0.1, 0.15) is 11.4 Å². The molecule has 1 aromatic carbocycles. The number of nitrogens with one attached hydrogen (secondary N) is 3. The molecule has 2 rings (SSSR count). The first-order chi connectivity index (χ1) is 11.5. The van der Waals surface area contributed by atoms with Crippen LogP contribution in [0.5, 0.6) is 0 Å². The van der Waals surface area contributed by atoms with Crippen molar-refractivity contribution < 1.29 is 18.0 Å². The van der Waals surface area contributed by atoms with E-state index in [2.05, 4.69) is 15.8 Å². The molecule has 7 nitrogen and oxygen atoms in total. The lowest BCUT2D eigenvalue weighted by Gasteiger charge is -2.07. The molecular formula is C16H19N3O4S. The van der Waals surface area contributed by atoms with E-state index in [1.54, 1.807) is 12.3 Å². The Hall–Kier alpha value is -2.61. The van der Waals surface area contributed by atoms with Crippen LogP contribution in [0, 0.1) is 0 Å². The third kappa shape index (κ3) is 5.88. The molecule has 0 unspecified atom stereocenters. The predicted octanol–water partition coefficient (Wildman–Crippen LogP) is 0.823. The topological polar surface area (TPSA) is 108 Å². The van der Waals surface area contributed by atoms with Crippen molar-refractivity contribution in [1.29, 1.82) is 0 Å². The number of carbonyl (C=O) groups excluding carboxylic acids is 2. The molecule has 0 radical (unpaired) electrons. The van der Waals surface area contributed by atoms with Gasteiger partial charge in [-0.25, -0.2) is 8.42 Å². The molecule has 1 heterocycles. The Kier molecular flexibility index (Phi) is 6.14. The molecule has 0 aliphatic heterocycles. The van der Waals surface area contributed by atoms with E-state index < -0.39 is 27.4 Å². The van der Waals surface area contributed by atoms with Gasteiger partial charge in [-0.3, -0.25) is 20.4 Å². The largest absolute Gasteiger partial charge is 0.357 e. The number of aryl methyl sites for hydroxylation is 1. The average Bonchev–Trinajstić information content (AvgIpc) is 3.07. The Morgan fingerprint density at radius 1 is 1.00 bits per heavy atom. The molecule has 0 aliphatic carbocycles. The molecule has 0 saturated carbocycles. The lowest BCUT2D eigenvalue weighted by atomic mass is 10.1. The summed E-state index contributed by atoms with van der Waals surface area (Å²) in [5.41, 5.74) is 5.57. The van der Waals surface area contributed by atoms with Gasteiger partial charge in [0.15, 0.2) is 9.84 Å². The van der Waals surface area contributed by atoms with Crippen LogP contribution in [0.4, 0.5) is 0 Å². The van der Waals surface area contributed by atoms with Crippen molar-refractivity contribution in [1.82, 2.24) is 15.8 Å². The minimum absolute atomic E-state index is 0.0834. The van der Waals surface area contributed by atoms with E-state index in [0.29, 0.717) is 12.8 Å². The summed E-state index contributed by atoms with van der Waals surface area (Å²) >= 11 is 0. The number of amides is 2. The van der Waals surface area contributed by atoms with Crippen molar-refractivity contribution in [3.63, 3.8) is 0 Å². The van der Waals surface area contributed by atoms with Crippen molar-refractivity contribution in [3.8, 4) is 0 Å². The highest BCUT2D eigenvalue weighted by atomic mass is 32.2. The summed E-state index contributed by atoms with van der Waals surface area (Å²) in [5.74, 6) is -2.06. The lowest BCUT2D eigenvalue weighted by molar-refractivity contribution is -0.119. The molecule has 128 valence electrons. The number of H-pyrrole nitrogens is 1. The van der Waals surface area contributed by atoms with Crippen LogP contribution in [0.25, 0.3) is 0 Å². The monoisotopic (exact) mass is 349 g/mol. The van der Waals surface area contributed by atoms with Gasteiger partial charge in [0, 0.05) is 6.20 Å². The second-order valence-corrected chi connectivity index (χ2v) is 7.45. The second-order valence-electron chi connectivity index (χ2n) is 5.27. The van der Waals surface area contributed by atoms with Crippen molar-refractivity contribution in [2.45, 2.75) is 12.8 Å². The molecule has 0 fully saturated rings. The van der Waals surface area contributed by atoms with Crippen LogP contribution in [-0.4, -0.2) is 36.7 Å². The van der Waals surface area contributed by atoms with Gasteiger partial charge in [0.25, 0.3) is 11.8 Å². The molecule has 0 aliphatic rings. The first kappa shape index (κ1) is 17.7. The zero-order valence-electron chi connectivity index (χ0n) is 13.0. The smallest absolute Gasteiger partial charge is 0.286 e. The average molecular weight is 349 g/mol. The number of hydrogen-bond donors (Lipinski definition) is 3. The summed E-state index contributed by atoms with van der Waals surface area (Å²) in [5, 5.41) is 0. The van der Waals surface area contributed by atoms with Crippen molar-refractivity contribution in [2.75, 3.05) is 11.5 Å². The maximum atomic E-state index is 11.9. The minimum atomic E-state index is -3.52. The minimum Gasteiger partial charge on any atom is -0.357 e. The van der Waals surface area contributed by atoms with Crippen LogP contribution < -0.4 is 10.9 Å². The quantitative estimate of drug-likeness (QED) is 0.643. The van der Waals surface area contributed by atoms with Crippen LogP contribution in [0.2, 0.25) is 0 Å². The van der Waals surface area contributed by atoms with Crippen LogP contribution in [0.3, 0.4) is 0 Å². The highest BCUT2D eigenvalue weighted by Gasteiger charge is 2.17. The van der Waals surface area contributed by atoms with Gasteiger partial charge in [-0.1, -0.05) is 30.3 Å². The number of sulfone groups is 1. The summed E-state index contributed by atoms with van der Waals surface area (Å²) in [6.45, 7) is 0. The molecule has 8 heteroatoms. The highest BCUT2D eigenvalue weighted by molar-refractivity contribution is 7.92. The zero-order chi connectivity index (χ0) is 17.4. The summed E-state index contributed by atoms with van der Waals surface area (Å²) in [4.78, 5) is 25.9. The van der Waals surface area contributed by atoms with Crippen LogP contribution >= 0.6 is 0 Å². The Morgan fingerprint density at radius 3 is 2.42 bits per heavy atom. The van der Waals surface area contributed by atoms with Gasteiger partial charge in [0.05, 0.1) is 5.75 Å². The van der Waals surface area contributed by atoms with Gasteiger partial charge in [-0.2, -0.15) is 0 Å². The number of aromatic nitrogens is 1. The Labute approximate surface area is 140 Å². The van der Waals surface area contributed by atoms with Gasteiger partial charge in [-0.05, 0) is 30.5 Å². The summed E-state index contributed by atoms with van der Waals surface area (Å²) in [6, 6.07) is 12.7. The van der Waals surface area contributed by atoms with Crippen molar-refractivity contribution >= 4 is 21.7 Å². The number of hydrazine groups is 1. The van der Waals surface area contributed by atoms with Crippen LogP contribution in [-0.2, 0) is 21.1 Å². The summed E-state index contributed by atoms with van der Waals surface area (Å²) in [6.07, 6.45) is 2.63. The summed E-state index contributed by atoms with van der Waals surface area (Å²) < 4.78 is 23.8. The lowest BCUT2D eigenvalue weighted by Crippen LogP contribution is -2.44. The maximum Gasteiger partial charge on any atom is 0.286 e. The van der Waals surface area contributed by atoms with E-state index in [1.165, 1.54) is 6.07 Å². The second kappa shape index (κ2) is 8.30. The van der Waals surface area contributed by atoms with E-state index >= 15 is 0 Å². The first-order valence-electron chi connectivity index (χ1n) is 7.43. The normalized spacial score (nSPS) is 11.0. The zero-order valence-corrected chi connectivity index (χ0v) is 13.8. The standard InChI is InChI=1S/C16H19N3O4S/c20-15(18-19-16(21)14-9-4-10-17-14)12-24(22,23)11-5-8-13-6-2-1-3-7-13/h1-4,6-7,9-10,17H,5,8,11-12H2,(H,18,20)(H,19,21). The van der Waals surface area contributed by atoms with Crippen molar-refractivity contribution in [3.05, 3.63) is 59.9 Å². The SMILES string of the molecule is O=C(CS(=O)(=O)CCCc1ccccc1)NNC(=O)c1ccc[nH]1. The van der Waals surface area contributed by atoms with Gasteiger partial charge in [0.2, 0.25) is 0 Å². The molecule has 2 aromatic rings. The van der Waals surface area contributed by atoms with E-state index in [1.807, 2.05) is 30.3 Å². The molecule has 24 heavy (non-hydrogen) atoms. The van der Waals surface area contributed by atoms with Crippen LogP contribution in [0.1, 0.15) is 22.5 Å². The molecule has 3 N–H and O–H groups in total. The van der Waals surface area contributed by atoms with E-state index in [4.69, 9.17) is 0 Å². The van der Waals surface area contributed by atoms with Gasteiger partial charge >= 0.3 is 0 Å².